The number of nitrogens with zero attached hydrogens (tertiary/aromatic N) is 1. The maximum atomic E-state index is 14.1. The third-order valence-electron chi connectivity index (χ3n) is 4.69. The van der Waals surface area contributed by atoms with Gasteiger partial charge < -0.3 is 14.7 Å². The van der Waals surface area contributed by atoms with Gasteiger partial charge in [-0.05, 0) is 49.4 Å². The predicted molar refractivity (Wildman–Crippen MR) is 96.0 cm³/mol. The smallest absolute Gasteiger partial charge is 0.410 e. The highest BCUT2D eigenvalue weighted by molar-refractivity contribution is 5.68. The number of carbonyl (C=O) groups excluding carboxylic acids is 1. The van der Waals surface area contributed by atoms with Gasteiger partial charge in [0.05, 0.1) is 5.60 Å². The first kappa shape index (κ1) is 19.7. The SMILES string of the molecule is CN(C(=O)OC(C)(C)C)C1CC(O)(c2ccc(F)c(C(C)(C)C)c2)C1. The van der Waals surface area contributed by atoms with E-state index >= 15 is 0 Å². The summed E-state index contributed by atoms with van der Waals surface area (Å²) in [5.74, 6) is -0.262. The first-order valence-electron chi connectivity index (χ1n) is 8.72. The molecule has 0 radical (unpaired) electrons. The topological polar surface area (TPSA) is 49.8 Å². The molecule has 0 atom stereocenters. The maximum Gasteiger partial charge on any atom is 0.410 e. The van der Waals surface area contributed by atoms with Crippen molar-refractivity contribution < 1.29 is 19.0 Å². The van der Waals surface area contributed by atoms with Crippen molar-refractivity contribution in [2.75, 3.05) is 7.05 Å². The van der Waals surface area contributed by atoms with E-state index in [2.05, 4.69) is 0 Å². The average molecular weight is 351 g/mol. The molecular formula is C20H30FNO3. The quantitative estimate of drug-likeness (QED) is 0.862. The summed E-state index contributed by atoms with van der Waals surface area (Å²) in [4.78, 5) is 13.7. The fourth-order valence-electron chi connectivity index (χ4n) is 3.10. The number of aliphatic hydroxyl groups is 1. The lowest BCUT2D eigenvalue weighted by molar-refractivity contribution is -0.0927. The minimum atomic E-state index is -1.03. The molecule has 1 aromatic carbocycles. The molecule has 0 unspecified atom stereocenters. The molecule has 0 aliphatic heterocycles. The van der Waals surface area contributed by atoms with Gasteiger partial charge >= 0.3 is 6.09 Å². The van der Waals surface area contributed by atoms with Gasteiger partial charge in [-0.2, -0.15) is 0 Å². The largest absolute Gasteiger partial charge is 0.444 e. The Labute approximate surface area is 150 Å². The van der Waals surface area contributed by atoms with Crippen molar-refractivity contribution in [2.45, 2.75) is 77.0 Å². The lowest BCUT2D eigenvalue weighted by Crippen LogP contribution is -2.54. The molecule has 0 heterocycles. The molecule has 0 bridgehead atoms. The zero-order valence-electron chi connectivity index (χ0n) is 16.3. The fourth-order valence-corrected chi connectivity index (χ4v) is 3.10. The van der Waals surface area contributed by atoms with Crippen LogP contribution in [0.1, 0.15) is 65.5 Å². The second kappa shape index (κ2) is 6.27. The van der Waals surface area contributed by atoms with E-state index < -0.39 is 17.3 Å². The number of ether oxygens (including phenoxy) is 1. The fraction of sp³-hybridized carbons (Fsp3) is 0.650. The zero-order chi connectivity index (χ0) is 19.2. The molecule has 1 saturated carbocycles. The van der Waals surface area contributed by atoms with Gasteiger partial charge in [0.15, 0.2) is 0 Å². The minimum Gasteiger partial charge on any atom is -0.444 e. The Hall–Kier alpha value is -1.62. The summed E-state index contributed by atoms with van der Waals surface area (Å²) in [6, 6.07) is 4.70. The standard InChI is InChI=1S/C20H30FNO3/c1-18(2,3)15-10-13(8-9-16(15)21)20(24)11-14(12-20)22(7)17(23)25-19(4,5)6/h8-10,14,24H,11-12H2,1-7H3. The van der Waals surface area contributed by atoms with Crippen LogP contribution in [0.3, 0.4) is 0 Å². The molecule has 1 aromatic rings. The Morgan fingerprint density at radius 1 is 1.24 bits per heavy atom. The molecule has 0 spiro atoms. The highest BCUT2D eigenvalue weighted by Crippen LogP contribution is 2.45. The van der Waals surface area contributed by atoms with E-state index in [1.165, 1.54) is 11.0 Å². The molecule has 1 fully saturated rings. The van der Waals surface area contributed by atoms with Gasteiger partial charge in [-0.15, -0.1) is 0 Å². The zero-order valence-corrected chi connectivity index (χ0v) is 16.3. The molecule has 140 valence electrons. The van der Waals surface area contributed by atoms with Crippen molar-refractivity contribution in [3.05, 3.63) is 35.1 Å². The van der Waals surface area contributed by atoms with Gasteiger partial charge in [-0.1, -0.05) is 26.8 Å². The van der Waals surface area contributed by atoms with Crippen molar-refractivity contribution in [3.63, 3.8) is 0 Å². The first-order valence-corrected chi connectivity index (χ1v) is 8.72. The molecule has 0 saturated heterocycles. The van der Waals surface area contributed by atoms with Crippen LogP contribution in [0.25, 0.3) is 0 Å². The molecule has 25 heavy (non-hydrogen) atoms. The maximum absolute atomic E-state index is 14.1. The molecule has 0 aromatic heterocycles. The average Bonchev–Trinajstić information content (AvgIpc) is 2.40. The van der Waals surface area contributed by atoms with Crippen molar-refractivity contribution in [2.24, 2.45) is 0 Å². The van der Waals surface area contributed by atoms with Crippen LogP contribution >= 0.6 is 0 Å². The predicted octanol–water partition coefficient (Wildman–Crippen LogP) is 4.34. The van der Waals surface area contributed by atoms with Crippen molar-refractivity contribution in [1.29, 1.82) is 0 Å². The summed E-state index contributed by atoms with van der Waals surface area (Å²) < 4.78 is 19.5. The Morgan fingerprint density at radius 3 is 2.28 bits per heavy atom. The Morgan fingerprint density at radius 2 is 1.80 bits per heavy atom. The van der Waals surface area contributed by atoms with Crippen LogP contribution in [0, 0.1) is 5.82 Å². The molecule has 5 heteroatoms. The number of halogens is 1. The molecule has 1 aliphatic carbocycles. The van der Waals surface area contributed by atoms with Gasteiger partial charge in [-0.3, -0.25) is 0 Å². The Kier molecular flexibility index (Phi) is 4.94. The van der Waals surface area contributed by atoms with Crippen LogP contribution < -0.4 is 0 Å². The molecule has 1 amide bonds. The number of hydrogen-bond donors (Lipinski definition) is 1. The molecule has 1 aliphatic rings. The lowest BCUT2D eigenvalue weighted by atomic mass is 9.70. The highest BCUT2D eigenvalue weighted by Gasteiger charge is 2.47. The van der Waals surface area contributed by atoms with Crippen molar-refractivity contribution in [3.8, 4) is 0 Å². The van der Waals surface area contributed by atoms with E-state index in [1.807, 2.05) is 41.5 Å². The van der Waals surface area contributed by atoms with Gasteiger partial charge in [0.25, 0.3) is 0 Å². The van der Waals surface area contributed by atoms with Crippen molar-refractivity contribution >= 4 is 6.09 Å². The summed E-state index contributed by atoms with van der Waals surface area (Å²) in [5, 5.41) is 10.9. The van der Waals surface area contributed by atoms with Crippen molar-refractivity contribution in [1.82, 2.24) is 4.90 Å². The third kappa shape index (κ3) is 4.32. The van der Waals surface area contributed by atoms with E-state index in [0.29, 0.717) is 24.0 Å². The number of rotatable bonds is 2. The number of carbonyl (C=O) groups is 1. The third-order valence-corrected chi connectivity index (χ3v) is 4.69. The number of amides is 1. The molecule has 4 nitrogen and oxygen atoms in total. The van der Waals surface area contributed by atoms with Crippen LogP contribution in [0.5, 0.6) is 0 Å². The van der Waals surface area contributed by atoms with Gasteiger partial charge in [0.1, 0.15) is 11.4 Å². The number of benzene rings is 1. The Bertz CT molecular complexity index is 652. The van der Waals surface area contributed by atoms with Gasteiger partial charge in [-0.25, -0.2) is 9.18 Å². The summed E-state index contributed by atoms with van der Waals surface area (Å²) in [5.41, 5.74) is -0.638. The highest BCUT2D eigenvalue weighted by atomic mass is 19.1. The normalized spacial score (nSPS) is 23.8. The summed E-state index contributed by atoms with van der Waals surface area (Å²) in [6.07, 6.45) is 0.435. The van der Waals surface area contributed by atoms with E-state index in [-0.39, 0.29) is 17.3 Å². The van der Waals surface area contributed by atoms with Gasteiger partial charge in [0.2, 0.25) is 0 Å². The minimum absolute atomic E-state index is 0.0945. The van der Waals surface area contributed by atoms with E-state index in [9.17, 15) is 14.3 Å². The van der Waals surface area contributed by atoms with Crippen LogP contribution in [0.2, 0.25) is 0 Å². The second-order valence-electron chi connectivity index (χ2n) is 9.13. The lowest BCUT2D eigenvalue weighted by Gasteiger charge is -2.48. The van der Waals surface area contributed by atoms with Crippen LogP contribution in [0.4, 0.5) is 9.18 Å². The monoisotopic (exact) mass is 351 g/mol. The van der Waals surface area contributed by atoms with Crippen LogP contribution in [0.15, 0.2) is 18.2 Å². The van der Waals surface area contributed by atoms with E-state index in [4.69, 9.17) is 4.74 Å². The summed E-state index contributed by atoms with van der Waals surface area (Å²) in [6.45, 7) is 11.3. The first-order chi connectivity index (χ1) is 11.2. The molecule has 1 N–H and O–H groups in total. The summed E-state index contributed by atoms with van der Waals surface area (Å²) in [7, 11) is 1.68. The molecular weight excluding hydrogens is 321 g/mol. The van der Waals surface area contributed by atoms with E-state index in [1.54, 1.807) is 19.2 Å². The second-order valence-corrected chi connectivity index (χ2v) is 9.13. The molecule has 2 rings (SSSR count). The van der Waals surface area contributed by atoms with E-state index in [0.717, 1.165) is 0 Å². The van der Waals surface area contributed by atoms with Crippen LogP contribution in [-0.4, -0.2) is 34.8 Å². The Balaban J connectivity index is 2.11. The summed E-state index contributed by atoms with van der Waals surface area (Å²) >= 11 is 0. The van der Waals surface area contributed by atoms with Gasteiger partial charge in [0, 0.05) is 25.9 Å². The van der Waals surface area contributed by atoms with Crippen LogP contribution in [-0.2, 0) is 15.8 Å². The number of hydrogen-bond acceptors (Lipinski definition) is 3.